The second kappa shape index (κ2) is 6.18. The highest BCUT2D eigenvalue weighted by Gasteiger charge is 2.07. The summed E-state index contributed by atoms with van der Waals surface area (Å²) in [5, 5.41) is 11.0. The summed E-state index contributed by atoms with van der Waals surface area (Å²) in [6.07, 6.45) is 1.66. The van der Waals surface area contributed by atoms with Gasteiger partial charge in [-0.05, 0) is 39.0 Å². The number of pyridine rings is 1. The van der Waals surface area contributed by atoms with Crippen molar-refractivity contribution >= 4 is 5.69 Å². The smallest absolute Gasteiger partial charge is 0.279 e. The molecule has 106 valence electrons. The summed E-state index contributed by atoms with van der Waals surface area (Å²) in [6, 6.07) is 7.13. The van der Waals surface area contributed by atoms with Crippen molar-refractivity contribution in [2.24, 2.45) is 0 Å². The molecule has 0 saturated carbocycles. The van der Waals surface area contributed by atoms with Crippen LogP contribution in [0.2, 0.25) is 0 Å². The van der Waals surface area contributed by atoms with Crippen LogP contribution in [0.15, 0.2) is 35.3 Å². The molecule has 0 bridgehead atoms. The first-order valence-electron chi connectivity index (χ1n) is 6.57. The number of hydrogen-bond donors (Lipinski definition) is 1. The average Bonchev–Trinajstić information content (AvgIpc) is 2.42. The minimum atomic E-state index is -0.153. The molecule has 2 heterocycles. The molecule has 0 amide bonds. The molecule has 0 aliphatic heterocycles. The topological polar surface area (TPSA) is 69.0 Å². The van der Waals surface area contributed by atoms with Crippen LogP contribution in [-0.4, -0.2) is 27.4 Å². The molecule has 2 aromatic heterocycles. The van der Waals surface area contributed by atoms with Crippen molar-refractivity contribution in [1.29, 1.82) is 0 Å². The van der Waals surface area contributed by atoms with Crippen LogP contribution in [0.4, 0.5) is 5.69 Å². The molecule has 6 nitrogen and oxygen atoms in total. The van der Waals surface area contributed by atoms with Gasteiger partial charge in [-0.1, -0.05) is 0 Å². The van der Waals surface area contributed by atoms with Crippen molar-refractivity contribution in [1.82, 2.24) is 14.8 Å². The molecule has 0 fully saturated rings. The Morgan fingerprint density at radius 3 is 2.70 bits per heavy atom. The van der Waals surface area contributed by atoms with Crippen LogP contribution in [-0.2, 0) is 0 Å². The molecule has 0 radical (unpaired) electrons. The number of anilines is 1. The number of ether oxygens (including phenoxy) is 1. The number of aromatic nitrogens is 3. The minimum Gasteiger partial charge on any atom is -0.477 e. The van der Waals surface area contributed by atoms with Gasteiger partial charge in [-0.25, -0.2) is 0 Å². The molecule has 0 spiro atoms. The Labute approximate surface area is 117 Å². The van der Waals surface area contributed by atoms with Gasteiger partial charge in [0.15, 0.2) is 5.82 Å². The molecule has 0 saturated heterocycles. The van der Waals surface area contributed by atoms with Gasteiger partial charge < -0.3 is 10.1 Å². The Bertz CT molecular complexity index is 620. The maximum Gasteiger partial charge on any atom is 0.279 e. The van der Waals surface area contributed by atoms with Gasteiger partial charge in [0.05, 0.1) is 6.61 Å². The standard InChI is InChI=1S/C14H18N4O2/c1-4-20-13-8-7-12(16-17-13)18-9-5-6-11(14(18)19)15-10(2)3/h5-10,15H,4H2,1-3H3. The fourth-order valence-electron chi connectivity index (χ4n) is 1.76. The molecule has 1 N–H and O–H groups in total. The molecular weight excluding hydrogens is 256 g/mol. The van der Waals surface area contributed by atoms with Crippen LogP contribution < -0.4 is 15.6 Å². The van der Waals surface area contributed by atoms with E-state index in [1.165, 1.54) is 4.57 Å². The Kier molecular flexibility index (Phi) is 4.34. The van der Waals surface area contributed by atoms with Gasteiger partial charge in [-0.15, -0.1) is 10.2 Å². The van der Waals surface area contributed by atoms with Gasteiger partial charge in [0.2, 0.25) is 5.88 Å². The Hall–Kier alpha value is -2.37. The fraction of sp³-hybridized carbons (Fsp3) is 0.357. The molecule has 2 aromatic rings. The summed E-state index contributed by atoms with van der Waals surface area (Å²) in [4.78, 5) is 12.3. The number of nitrogens with zero attached hydrogens (tertiary/aromatic N) is 3. The van der Waals surface area contributed by atoms with Crippen molar-refractivity contribution in [3.63, 3.8) is 0 Å². The highest BCUT2D eigenvalue weighted by Crippen LogP contribution is 2.09. The molecule has 0 aliphatic rings. The van der Waals surface area contributed by atoms with E-state index < -0.39 is 0 Å². The molecule has 0 aromatic carbocycles. The zero-order chi connectivity index (χ0) is 14.5. The average molecular weight is 274 g/mol. The first-order valence-corrected chi connectivity index (χ1v) is 6.57. The van der Waals surface area contributed by atoms with Gasteiger partial charge in [0.1, 0.15) is 5.69 Å². The molecule has 20 heavy (non-hydrogen) atoms. The quantitative estimate of drug-likeness (QED) is 0.901. The van der Waals surface area contributed by atoms with Crippen LogP contribution in [0, 0.1) is 0 Å². The zero-order valence-electron chi connectivity index (χ0n) is 11.8. The monoisotopic (exact) mass is 274 g/mol. The Morgan fingerprint density at radius 2 is 2.10 bits per heavy atom. The van der Waals surface area contributed by atoms with Gasteiger partial charge in [0.25, 0.3) is 5.56 Å². The number of rotatable bonds is 5. The third kappa shape index (κ3) is 3.14. The summed E-state index contributed by atoms with van der Waals surface area (Å²) in [6.45, 7) is 6.36. The second-order valence-electron chi connectivity index (χ2n) is 4.56. The Balaban J connectivity index is 2.35. The SMILES string of the molecule is CCOc1ccc(-n2cccc(NC(C)C)c2=O)nn1. The van der Waals surface area contributed by atoms with Crippen molar-refractivity contribution in [2.45, 2.75) is 26.8 Å². The zero-order valence-corrected chi connectivity index (χ0v) is 11.8. The van der Waals surface area contributed by atoms with Crippen LogP contribution in [0.3, 0.4) is 0 Å². The van der Waals surface area contributed by atoms with E-state index in [1.807, 2.05) is 20.8 Å². The lowest BCUT2D eigenvalue weighted by molar-refractivity contribution is 0.322. The first-order chi connectivity index (χ1) is 9.61. The van der Waals surface area contributed by atoms with Crippen molar-refractivity contribution in [3.05, 3.63) is 40.8 Å². The minimum absolute atomic E-state index is 0.153. The maximum absolute atomic E-state index is 12.3. The number of hydrogen-bond acceptors (Lipinski definition) is 5. The molecular formula is C14H18N4O2. The summed E-state index contributed by atoms with van der Waals surface area (Å²) >= 11 is 0. The third-order valence-electron chi connectivity index (χ3n) is 2.56. The Morgan fingerprint density at radius 1 is 1.30 bits per heavy atom. The van der Waals surface area contributed by atoms with Crippen molar-refractivity contribution < 1.29 is 4.74 Å². The van der Waals surface area contributed by atoms with E-state index in [-0.39, 0.29) is 11.6 Å². The van der Waals surface area contributed by atoms with Gasteiger partial charge in [-0.2, -0.15) is 0 Å². The first kappa shape index (κ1) is 14.0. The van der Waals surface area contributed by atoms with Crippen LogP contribution in [0.5, 0.6) is 5.88 Å². The lowest BCUT2D eigenvalue weighted by atomic mass is 10.3. The van der Waals surface area contributed by atoms with E-state index in [2.05, 4.69) is 15.5 Å². The van der Waals surface area contributed by atoms with E-state index in [0.717, 1.165) is 0 Å². The van der Waals surface area contributed by atoms with Gasteiger partial charge >= 0.3 is 0 Å². The second-order valence-corrected chi connectivity index (χ2v) is 4.56. The number of nitrogens with one attached hydrogen (secondary N) is 1. The predicted molar refractivity (Wildman–Crippen MR) is 77.6 cm³/mol. The molecule has 0 atom stereocenters. The third-order valence-corrected chi connectivity index (χ3v) is 2.56. The summed E-state index contributed by atoms with van der Waals surface area (Å²) in [7, 11) is 0. The van der Waals surface area contributed by atoms with Crippen LogP contribution in [0.25, 0.3) is 5.82 Å². The van der Waals surface area contributed by atoms with Gasteiger partial charge in [-0.3, -0.25) is 9.36 Å². The highest BCUT2D eigenvalue weighted by molar-refractivity contribution is 5.43. The highest BCUT2D eigenvalue weighted by atomic mass is 16.5. The van der Waals surface area contributed by atoms with E-state index in [9.17, 15) is 4.79 Å². The molecule has 0 unspecified atom stereocenters. The maximum atomic E-state index is 12.3. The molecule has 2 rings (SSSR count). The van der Waals surface area contributed by atoms with E-state index in [1.54, 1.807) is 30.5 Å². The normalized spacial score (nSPS) is 10.6. The lowest BCUT2D eigenvalue weighted by Crippen LogP contribution is -2.24. The van der Waals surface area contributed by atoms with Crippen molar-refractivity contribution in [3.8, 4) is 11.7 Å². The predicted octanol–water partition coefficient (Wildman–Crippen LogP) is 1.85. The fourth-order valence-corrected chi connectivity index (χ4v) is 1.76. The summed E-state index contributed by atoms with van der Waals surface area (Å²) in [5.41, 5.74) is 0.387. The van der Waals surface area contributed by atoms with Crippen LogP contribution >= 0.6 is 0 Å². The molecule has 0 aliphatic carbocycles. The summed E-state index contributed by atoms with van der Waals surface area (Å²) in [5.74, 6) is 0.909. The van der Waals surface area contributed by atoms with E-state index in [4.69, 9.17) is 4.74 Å². The van der Waals surface area contributed by atoms with Crippen LogP contribution in [0.1, 0.15) is 20.8 Å². The van der Waals surface area contributed by atoms with Gasteiger partial charge in [0, 0.05) is 18.3 Å². The lowest BCUT2D eigenvalue weighted by Gasteiger charge is -2.11. The van der Waals surface area contributed by atoms with E-state index >= 15 is 0 Å². The van der Waals surface area contributed by atoms with Crippen molar-refractivity contribution in [2.75, 3.05) is 11.9 Å². The van der Waals surface area contributed by atoms with E-state index in [0.29, 0.717) is 24.0 Å². The molecule has 6 heteroatoms. The largest absolute Gasteiger partial charge is 0.477 e. The summed E-state index contributed by atoms with van der Waals surface area (Å²) < 4.78 is 6.68.